The van der Waals surface area contributed by atoms with Crippen molar-refractivity contribution in [1.82, 2.24) is 10.2 Å². The van der Waals surface area contributed by atoms with Gasteiger partial charge in [0.05, 0.1) is 0 Å². The number of nitrogens with zero attached hydrogens (tertiary/aromatic N) is 1. The van der Waals surface area contributed by atoms with Crippen LogP contribution in [0.1, 0.15) is 38.2 Å². The van der Waals surface area contributed by atoms with Gasteiger partial charge in [-0.05, 0) is 51.1 Å². The van der Waals surface area contributed by atoms with E-state index in [1.807, 2.05) is 11.9 Å². The first-order valence-corrected chi connectivity index (χ1v) is 8.19. The third kappa shape index (κ3) is 5.16. The Labute approximate surface area is 128 Å². The van der Waals surface area contributed by atoms with Crippen molar-refractivity contribution < 1.29 is 4.79 Å². The van der Waals surface area contributed by atoms with E-state index >= 15 is 0 Å². The van der Waals surface area contributed by atoms with E-state index in [0.717, 1.165) is 45.2 Å². The highest BCUT2D eigenvalue weighted by atomic mass is 16.2. The molecule has 1 aliphatic heterocycles. The Bertz CT molecular complexity index is 432. The van der Waals surface area contributed by atoms with Crippen molar-refractivity contribution in [3.63, 3.8) is 0 Å². The molecule has 1 aromatic carbocycles. The Morgan fingerprint density at radius 3 is 2.76 bits per heavy atom. The monoisotopic (exact) mass is 288 g/mol. The minimum Gasteiger partial charge on any atom is -0.346 e. The van der Waals surface area contributed by atoms with Crippen LogP contribution in [-0.4, -0.2) is 37.0 Å². The molecule has 1 saturated heterocycles. The van der Waals surface area contributed by atoms with Crippen molar-refractivity contribution in [1.29, 1.82) is 0 Å². The maximum atomic E-state index is 12.4. The van der Waals surface area contributed by atoms with E-state index < -0.39 is 0 Å². The van der Waals surface area contributed by atoms with Gasteiger partial charge in [-0.1, -0.05) is 30.3 Å². The molecule has 0 bridgehead atoms. The molecule has 1 aliphatic rings. The molecule has 1 aromatic rings. The molecule has 0 aromatic heterocycles. The topological polar surface area (TPSA) is 32.3 Å². The van der Waals surface area contributed by atoms with Crippen molar-refractivity contribution in [2.75, 3.05) is 20.1 Å². The molecule has 0 aliphatic carbocycles. The standard InChI is InChI=1S/C18H28N2O/c1-15-14-17(11-12-19-15)18(21)20(2)13-7-6-10-16-8-4-3-5-9-16/h3-5,8-9,15,17,19H,6-7,10-14H2,1-2H3. The summed E-state index contributed by atoms with van der Waals surface area (Å²) in [5.41, 5.74) is 1.39. The summed E-state index contributed by atoms with van der Waals surface area (Å²) in [5.74, 6) is 0.559. The van der Waals surface area contributed by atoms with Crippen LogP contribution in [0.3, 0.4) is 0 Å². The van der Waals surface area contributed by atoms with Crippen molar-refractivity contribution in [2.24, 2.45) is 5.92 Å². The highest BCUT2D eigenvalue weighted by molar-refractivity contribution is 5.78. The lowest BCUT2D eigenvalue weighted by atomic mass is 9.92. The van der Waals surface area contributed by atoms with Gasteiger partial charge >= 0.3 is 0 Å². The second-order valence-electron chi connectivity index (χ2n) is 6.28. The average molecular weight is 288 g/mol. The van der Waals surface area contributed by atoms with Crippen molar-refractivity contribution >= 4 is 5.91 Å². The summed E-state index contributed by atoms with van der Waals surface area (Å²) in [6, 6.07) is 11.0. The van der Waals surface area contributed by atoms with Gasteiger partial charge in [0, 0.05) is 25.6 Å². The van der Waals surface area contributed by atoms with E-state index in [9.17, 15) is 4.79 Å². The molecule has 21 heavy (non-hydrogen) atoms. The average Bonchev–Trinajstić information content (AvgIpc) is 2.51. The molecular formula is C18H28N2O. The van der Waals surface area contributed by atoms with Crippen molar-refractivity contribution in [3.8, 4) is 0 Å². The smallest absolute Gasteiger partial charge is 0.225 e. The number of carbonyl (C=O) groups excluding carboxylic acids is 1. The van der Waals surface area contributed by atoms with E-state index in [1.54, 1.807) is 0 Å². The van der Waals surface area contributed by atoms with Gasteiger partial charge in [-0.2, -0.15) is 0 Å². The Kier molecular flexibility index (Phi) is 6.24. The molecule has 0 saturated carbocycles. The van der Waals surface area contributed by atoms with Crippen LogP contribution in [0.4, 0.5) is 0 Å². The zero-order valence-corrected chi connectivity index (χ0v) is 13.3. The number of nitrogens with one attached hydrogen (secondary N) is 1. The maximum Gasteiger partial charge on any atom is 0.225 e. The van der Waals surface area contributed by atoms with Crippen LogP contribution in [0.5, 0.6) is 0 Å². The normalized spacial score (nSPS) is 22.0. The number of benzene rings is 1. The lowest BCUT2D eigenvalue weighted by Crippen LogP contribution is -2.43. The third-order valence-corrected chi connectivity index (χ3v) is 4.40. The predicted octanol–water partition coefficient (Wildman–Crippen LogP) is 2.86. The molecule has 3 nitrogen and oxygen atoms in total. The summed E-state index contributed by atoms with van der Waals surface area (Å²) >= 11 is 0. The van der Waals surface area contributed by atoms with Crippen LogP contribution in [0.2, 0.25) is 0 Å². The SMILES string of the molecule is CC1CC(C(=O)N(C)CCCCc2ccccc2)CCN1. The highest BCUT2D eigenvalue weighted by Crippen LogP contribution is 2.18. The summed E-state index contributed by atoms with van der Waals surface area (Å²) in [6.07, 6.45) is 5.29. The van der Waals surface area contributed by atoms with Gasteiger partial charge in [0.15, 0.2) is 0 Å². The number of rotatable bonds is 6. The van der Waals surface area contributed by atoms with E-state index in [1.165, 1.54) is 5.56 Å². The molecule has 2 atom stereocenters. The van der Waals surface area contributed by atoms with E-state index in [4.69, 9.17) is 0 Å². The molecule has 3 heteroatoms. The lowest BCUT2D eigenvalue weighted by molar-refractivity contribution is -0.135. The van der Waals surface area contributed by atoms with Gasteiger partial charge in [-0.25, -0.2) is 0 Å². The van der Waals surface area contributed by atoms with Crippen molar-refractivity contribution in [2.45, 2.75) is 45.1 Å². The summed E-state index contributed by atoms with van der Waals surface area (Å²) in [6.45, 7) is 4.02. The van der Waals surface area contributed by atoms with E-state index in [-0.39, 0.29) is 5.92 Å². The summed E-state index contributed by atoms with van der Waals surface area (Å²) in [7, 11) is 1.96. The van der Waals surface area contributed by atoms with Crippen LogP contribution < -0.4 is 5.32 Å². The van der Waals surface area contributed by atoms with Crippen LogP contribution in [0, 0.1) is 5.92 Å². The first-order valence-electron chi connectivity index (χ1n) is 8.19. The number of aryl methyl sites for hydroxylation is 1. The molecule has 0 spiro atoms. The first kappa shape index (κ1) is 16.0. The molecule has 116 valence electrons. The molecule has 2 unspecified atom stereocenters. The molecule has 1 amide bonds. The van der Waals surface area contributed by atoms with Crippen LogP contribution in [-0.2, 0) is 11.2 Å². The molecule has 1 N–H and O–H groups in total. The Morgan fingerprint density at radius 1 is 1.29 bits per heavy atom. The largest absolute Gasteiger partial charge is 0.346 e. The zero-order chi connectivity index (χ0) is 15.1. The number of carbonyl (C=O) groups is 1. The van der Waals surface area contributed by atoms with Gasteiger partial charge in [-0.15, -0.1) is 0 Å². The van der Waals surface area contributed by atoms with Gasteiger partial charge in [-0.3, -0.25) is 4.79 Å². The Morgan fingerprint density at radius 2 is 2.05 bits per heavy atom. The fourth-order valence-electron chi connectivity index (χ4n) is 3.10. The number of unbranched alkanes of at least 4 members (excludes halogenated alkanes) is 1. The fourth-order valence-corrected chi connectivity index (χ4v) is 3.10. The molecule has 1 fully saturated rings. The molecular weight excluding hydrogens is 260 g/mol. The third-order valence-electron chi connectivity index (χ3n) is 4.40. The van der Waals surface area contributed by atoms with Crippen molar-refractivity contribution in [3.05, 3.63) is 35.9 Å². The molecule has 2 rings (SSSR count). The zero-order valence-electron chi connectivity index (χ0n) is 13.3. The van der Waals surface area contributed by atoms with Gasteiger partial charge in [0.25, 0.3) is 0 Å². The van der Waals surface area contributed by atoms with E-state index in [0.29, 0.717) is 11.9 Å². The Balaban J connectivity index is 1.66. The van der Waals surface area contributed by atoms with Gasteiger partial charge in [0.2, 0.25) is 5.91 Å². The number of piperidine rings is 1. The summed E-state index contributed by atoms with van der Waals surface area (Å²) in [5, 5.41) is 3.41. The van der Waals surface area contributed by atoms with Crippen LogP contribution >= 0.6 is 0 Å². The Hall–Kier alpha value is -1.35. The maximum absolute atomic E-state index is 12.4. The van der Waals surface area contributed by atoms with E-state index in [2.05, 4.69) is 42.6 Å². The second-order valence-corrected chi connectivity index (χ2v) is 6.28. The molecule has 1 heterocycles. The lowest BCUT2D eigenvalue weighted by Gasteiger charge is -2.30. The minimum atomic E-state index is 0.223. The second kappa shape index (κ2) is 8.18. The highest BCUT2D eigenvalue weighted by Gasteiger charge is 2.26. The van der Waals surface area contributed by atoms with Crippen LogP contribution in [0.25, 0.3) is 0 Å². The quantitative estimate of drug-likeness (QED) is 0.816. The number of amides is 1. The van der Waals surface area contributed by atoms with Gasteiger partial charge in [0.1, 0.15) is 0 Å². The minimum absolute atomic E-state index is 0.223. The predicted molar refractivity (Wildman–Crippen MR) is 87.2 cm³/mol. The molecule has 0 radical (unpaired) electrons. The summed E-state index contributed by atoms with van der Waals surface area (Å²) in [4.78, 5) is 14.3. The number of hydrogen-bond acceptors (Lipinski definition) is 2. The summed E-state index contributed by atoms with van der Waals surface area (Å²) < 4.78 is 0. The fraction of sp³-hybridized carbons (Fsp3) is 0.611. The number of hydrogen-bond donors (Lipinski definition) is 1. The first-order chi connectivity index (χ1) is 10.2. The van der Waals surface area contributed by atoms with Crippen LogP contribution in [0.15, 0.2) is 30.3 Å². The van der Waals surface area contributed by atoms with Gasteiger partial charge < -0.3 is 10.2 Å².